The monoisotopic (exact) mass is 364 g/mol. The van der Waals surface area contributed by atoms with Gasteiger partial charge in [-0.2, -0.15) is 0 Å². The van der Waals surface area contributed by atoms with Gasteiger partial charge < -0.3 is 5.32 Å². The third-order valence-corrected chi connectivity index (χ3v) is 4.78. The van der Waals surface area contributed by atoms with Gasteiger partial charge in [-0.25, -0.2) is 8.42 Å². The lowest BCUT2D eigenvalue weighted by Crippen LogP contribution is -2.27. The molecule has 0 aromatic heterocycles. The number of hydrogen-bond donors (Lipinski definition) is 2. The number of aryl methyl sites for hydroxylation is 1. The fourth-order valence-corrected chi connectivity index (χ4v) is 3.64. The van der Waals surface area contributed by atoms with Crippen LogP contribution in [0.1, 0.15) is 33.9 Å². The van der Waals surface area contributed by atoms with Crippen LogP contribution in [0.4, 0.5) is 5.69 Å². The van der Waals surface area contributed by atoms with Gasteiger partial charge in [-0.15, -0.1) is 0 Å². The predicted octanol–water partition coefficient (Wildman–Crippen LogP) is 3.13. The molecule has 2 aromatic rings. The normalized spacial score (nSPS) is 16.5. The molecule has 2 N–H and O–H groups in total. The van der Waals surface area contributed by atoms with E-state index in [1.807, 2.05) is 18.2 Å². The first kappa shape index (κ1) is 16.8. The van der Waals surface area contributed by atoms with Gasteiger partial charge in [-0.05, 0) is 60.4 Å². The number of carbonyl (C=O) groups is 1. The Balaban J connectivity index is 1.70. The van der Waals surface area contributed by atoms with E-state index in [2.05, 4.69) is 10.0 Å². The number of nitrogens with one attached hydrogen (secondary N) is 2. The smallest absolute Gasteiger partial charge is 0.251 e. The summed E-state index contributed by atoms with van der Waals surface area (Å²) in [6, 6.07) is 12.0. The molecule has 3 rings (SSSR count). The number of amides is 1. The molecule has 1 amide bonds. The van der Waals surface area contributed by atoms with Crippen molar-refractivity contribution in [2.75, 3.05) is 11.0 Å². The van der Waals surface area contributed by atoms with E-state index < -0.39 is 10.0 Å². The predicted molar refractivity (Wildman–Crippen MR) is 94.9 cm³/mol. The molecule has 0 radical (unpaired) electrons. The summed E-state index contributed by atoms with van der Waals surface area (Å²) < 4.78 is 24.7. The summed E-state index contributed by atoms with van der Waals surface area (Å²) in [7, 11) is -3.33. The lowest BCUT2D eigenvalue weighted by molar-refractivity contribution is 0.0936. The molecule has 1 atom stereocenters. The number of hydrogen-bond acceptors (Lipinski definition) is 3. The van der Waals surface area contributed by atoms with Crippen LogP contribution in [0.25, 0.3) is 0 Å². The van der Waals surface area contributed by atoms with Crippen LogP contribution < -0.4 is 10.0 Å². The van der Waals surface area contributed by atoms with E-state index >= 15 is 0 Å². The average Bonchev–Trinajstić information content (AvgIpc) is 2.88. The Hall–Kier alpha value is -2.05. The van der Waals surface area contributed by atoms with Crippen molar-refractivity contribution in [1.82, 2.24) is 5.32 Å². The second-order valence-electron chi connectivity index (χ2n) is 5.86. The molecule has 5 nitrogen and oxygen atoms in total. The van der Waals surface area contributed by atoms with Gasteiger partial charge in [0.2, 0.25) is 10.0 Å². The molecule has 126 valence electrons. The highest BCUT2D eigenvalue weighted by Crippen LogP contribution is 2.33. The minimum absolute atomic E-state index is 0.0291. The lowest BCUT2D eigenvalue weighted by atomic mass is 10.1. The molecule has 0 spiro atoms. The number of rotatable bonds is 4. The molecule has 1 unspecified atom stereocenters. The molecule has 0 heterocycles. The maximum absolute atomic E-state index is 12.4. The van der Waals surface area contributed by atoms with Crippen molar-refractivity contribution in [3.05, 3.63) is 64.2 Å². The molecule has 0 saturated carbocycles. The highest BCUT2D eigenvalue weighted by Gasteiger charge is 2.24. The van der Waals surface area contributed by atoms with Gasteiger partial charge >= 0.3 is 0 Å². The Kier molecular flexibility index (Phi) is 4.51. The number of fused-ring (bicyclic) bond motifs is 1. The Bertz CT molecular complexity index is 879. The Labute approximate surface area is 146 Å². The van der Waals surface area contributed by atoms with Crippen LogP contribution in [0.2, 0.25) is 5.02 Å². The van der Waals surface area contributed by atoms with Crippen molar-refractivity contribution in [3.8, 4) is 0 Å². The van der Waals surface area contributed by atoms with E-state index in [9.17, 15) is 13.2 Å². The molecule has 24 heavy (non-hydrogen) atoms. The first-order valence-electron chi connectivity index (χ1n) is 7.49. The first-order chi connectivity index (χ1) is 11.3. The van der Waals surface area contributed by atoms with E-state index in [0.29, 0.717) is 16.3 Å². The summed E-state index contributed by atoms with van der Waals surface area (Å²) in [6.45, 7) is 0. The summed E-state index contributed by atoms with van der Waals surface area (Å²) in [4.78, 5) is 12.4. The highest BCUT2D eigenvalue weighted by atomic mass is 35.5. The minimum Gasteiger partial charge on any atom is -0.345 e. The van der Waals surface area contributed by atoms with Crippen molar-refractivity contribution in [2.45, 2.75) is 18.9 Å². The highest BCUT2D eigenvalue weighted by molar-refractivity contribution is 7.92. The van der Waals surface area contributed by atoms with Crippen LogP contribution in [-0.4, -0.2) is 20.6 Å². The number of carbonyl (C=O) groups excluding carboxylic acids is 1. The zero-order valence-corrected chi connectivity index (χ0v) is 14.6. The van der Waals surface area contributed by atoms with Crippen molar-refractivity contribution >= 4 is 33.2 Å². The summed E-state index contributed by atoms with van der Waals surface area (Å²) >= 11 is 6.00. The van der Waals surface area contributed by atoms with Crippen LogP contribution >= 0.6 is 11.6 Å². The second-order valence-corrected chi connectivity index (χ2v) is 8.04. The molecule has 7 heteroatoms. The molecule has 1 aliphatic rings. The largest absolute Gasteiger partial charge is 0.345 e. The summed E-state index contributed by atoms with van der Waals surface area (Å²) in [5, 5.41) is 3.72. The Morgan fingerprint density at radius 3 is 2.54 bits per heavy atom. The Morgan fingerprint density at radius 1 is 1.17 bits per heavy atom. The van der Waals surface area contributed by atoms with Gasteiger partial charge in [0.1, 0.15) is 0 Å². The molecule has 2 aromatic carbocycles. The maximum Gasteiger partial charge on any atom is 0.251 e. The topological polar surface area (TPSA) is 75.3 Å². The van der Waals surface area contributed by atoms with Crippen LogP contribution in [0.15, 0.2) is 42.5 Å². The van der Waals surface area contributed by atoms with E-state index in [-0.39, 0.29) is 11.9 Å². The zero-order valence-electron chi connectivity index (χ0n) is 13.0. The molecule has 1 aliphatic carbocycles. The van der Waals surface area contributed by atoms with Crippen LogP contribution in [0, 0.1) is 0 Å². The number of sulfonamides is 1. The number of benzene rings is 2. The molecule has 0 fully saturated rings. The van der Waals surface area contributed by atoms with Gasteiger partial charge in [0.05, 0.1) is 12.3 Å². The van der Waals surface area contributed by atoms with Crippen molar-refractivity contribution in [3.63, 3.8) is 0 Å². The quantitative estimate of drug-likeness (QED) is 0.875. The number of halogens is 1. The van der Waals surface area contributed by atoms with E-state index in [0.717, 1.165) is 24.7 Å². The number of anilines is 1. The van der Waals surface area contributed by atoms with E-state index in [1.54, 1.807) is 24.3 Å². The second kappa shape index (κ2) is 6.45. The third-order valence-electron chi connectivity index (χ3n) is 3.94. The average molecular weight is 365 g/mol. The minimum atomic E-state index is -3.33. The summed E-state index contributed by atoms with van der Waals surface area (Å²) in [6.07, 6.45) is 2.81. The van der Waals surface area contributed by atoms with Crippen molar-refractivity contribution in [2.24, 2.45) is 0 Å². The zero-order chi connectivity index (χ0) is 17.3. The third kappa shape index (κ3) is 3.88. The van der Waals surface area contributed by atoms with E-state index in [4.69, 9.17) is 11.6 Å². The van der Waals surface area contributed by atoms with Crippen molar-refractivity contribution < 1.29 is 13.2 Å². The molecular formula is C17H17ClN2O3S. The van der Waals surface area contributed by atoms with Gasteiger partial charge in [-0.3, -0.25) is 9.52 Å². The molecule has 0 aliphatic heterocycles. The van der Waals surface area contributed by atoms with Crippen LogP contribution in [0.5, 0.6) is 0 Å². The lowest BCUT2D eigenvalue weighted by Gasteiger charge is -2.14. The van der Waals surface area contributed by atoms with Gasteiger partial charge in [0.15, 0.2) is 0 Å². The van der Waals surface area contributed by atoms with E-state index in [1.165, 1.54) is 5.56 Å². The summed E-state index contributed by atoms with van der Waals surface area (Å²) in [5.41, 5.74) is 3.18. The van der Waals surface area contributed by atoms with Gasteiger partial charge in [0.25, 0.3) is 5.91 Å². The molecular weight excluding hydrogens is 348 g/mol. The standard InChI is InChI=1S/C17H17ClN2O3S/c1-24(22,23)20-14-6-2-11(3-7-14)17(21)19-16-9-4-12-10-13(18)5-8-15(12)16/h2-3,5-8,10,16,20H,4,9H2,1H3,(H,19,21). The van der Waals surface area contributed by atoms with Crippen LogP contribution in [0.3, 0.4) is 0 Å². The fraction of sp³-hybridized carbons (Fsp3) is 0.235. The van der Waals surface area contributed by atoms with Gasteiger partial charge in [0, 0.05) is 16.3 Å². The van der Waals surface area contributed by atoms with Gasteiger partial charge in [-0.1, -0.05) is 17.7 Å². The first-order valence-corrected chi connectivity index (χ1v) is 9.76. The fourth-order valence-electron chi connectivity index (χ4n) is 2.88. The van der Waals surface area contributed by atoms with Crippen LogP contribution in [-0.2, 0) is 16.4 Å². The van der Waals surface area contributed by atoms with Crippen molar-refractivity contribution in [1.29, 1.82) is 0 Å². The SMILES string of the molecule is CS(=O)(=O)Nc1ccc(C(=O)NC2CCc3cc(Cl)ccc32)cc1. The maximum atomic E-state index is 12.4. The summed E-state index contributed by atoms with van der Waals surface area (Å²) in [5.74, 6) is -0.186. The molecule has 0 saturated heterocycles. The molecule has 0 bridgehead atoms. The Morgan fingerprint density at radius 2 is 1.88 bits per heavy atom.